The van der Waals surface area contributed by atoms with Crippen LogP contribution in [0.4, 0.5) is 4.39 Å². The Bertz CT molecular complexity index is 511. The molecule has 1 rings (SSSR count). The zero-order valence-electron chi connectivity index (χ0n) is 11.1. The highest BCUT2D eigenvalue weighted by Gasteiger charge is 2.11. The van der Waals surface area contributed by atoms with E-state index in [1.54, 1.807) is 13.0 Å². The Morgan fingerprint density at radius 3 is 2.58 bits per heavy atom. The number of aliphatic hydroxyl groups is 1. The first-order valence-corrected chi connectivity index (χ1v) is 7.98. The molecule has 108 valence electrons. The lowest BCUT2D eigenvalue weighted by atomic mass is 10.1. The molecule has 0 heterocycles. The molecule has 4 nitrogen and oxygen atoms in total. The molecule has 0 fully saturated rings. The van der Waals surface area contributed by atoms with E-state index in [0.29, 0.717) is 12.0 Å². The van der Waals surface area contributed by atoms with E-state index in [2.05, 4.69) is 0 Å². The Labute approximate surface area is 113 Å². The van der Waals surface area contributed by atoms with Gasteiger partial charge in [-0.15, -0.1) is 0 Å². The highest BCUT2D eigenvalue weighted by molar-refractivity contribution is 7.91. The molecule has 0 saturated carbocycles. The fourth-order valence-electron chi connectivity index (χ4n) is 1.59. The van der Waals surface area contributed by atoms with Crippen molar-refractivity contribution in [1.29, 1.82) is 0 Å². The van der Waals surface area contributed by atoms with Crippen molar-refractivity contribution < 1.29 is 22.7 Å². The Kier molecular flexibility index (Phi) is 5.75. The summed E-state index contributed by atoms with van der Waals surface area (Å²) in [6, 6.07) is 4.12. The van der Waals surface area contributed by atoms with E-state index in [4.69, 9.17) is 4.74 Å². The van der Waals surface area contributed by atoms with Gasteiger partial charge in [-0.2, -0.15) is 0 Å². The summed E-state index contributed by atoms with van der Waals surface area (Å²) in [5, 5.41) is 9.29. The van der Waals surface area contributed by atoms with Crippen molar-refractivity contribution in [2.24, 2.45) is 0 Å². The van der Waals surface area contributed by atoms with Crippen LogP contribution in [0.3, 0.4) is 0 Å². The largest absolute Gasteiger partial charge is 0.489 e. The van der Waals surface area contributed by atoms with Crippen molar-refractivity contribution in [3.63, 3.8) is 0 Å². The molecule has 1 aromatic carbocycles. The summed E-state index contributed by atoms with van der Waals surface area (Å²) >= 11 is 0. The minimum atomic E-state index is -3.12. The van der Waals surface area contributed by atoms with Crippen LogP contribution >= 0.6 is 0 Å². The molecule has 0 amide bonds. The lowest BCUT2D eigenvalue weighted by molar-refractivity contribution is 0.198. The average molecular weight is 290 g/mol. The first-order chi connectivity index (χ1) is 8.85. The van der Waals surface area contributed by atoms with Crippen molar-refractivity contribution >= 4 is 9.84 Å². The molecule has 0 bridgehead atoms. The number of halogens is 1. The molecular formula is C13H19FO4S. The number of aliphatic hydroxyl groups excluding tert-OH is 1. The second-order valence-electron chi connectivity index (χ2n) is 4.37. The van der Waals surface area contributed by atoms with Crippen LogP contribution in [0.25, 0.3) is 0 Å². The molecule has 1 unspecified atom stereocenters. The maximum absolute atomic E-state index is 13.6. The monoisotopic (exact) mass is 290 g/mol. The molecule has 1 atom stereocenters. The maximum atomic E-state index is 13.6. The van der Waals surface area contributed by atoms with Gasteiger partial charge in [-0.1, -0.05) is 13.0 Å². The smallest absolute Gasteiger partial charge is 0.165 e. The molecule has 1 aromatic rings. The number of benzene rings is 1. The third-order valence-electron chi connectivity index (χ3n) is 2.61. The fraction of sp³-hybridized carbons (Fsp3) is 0.538. The van der Waals surface area contributed by atoms with Crippen LogP contribution in [-0.4, -0.2) is 31.6 Å². The summed E-state index contributed by atoms with van der Waals surface area (Å²) in [6.07, 6.45) is -0.201. The van der Waals surface area contributed by atoms with E-state index < -0.39 is 21.8 Å². The van der Waals surface area contributed by atoms with Gasteiger partial charge < -0.3 is 9.84 Å². The highest BCUT2D eigenvalue weighted by atomic mass is 32.2. The SMILES string of the molecule is CCCS(=O)(=O)CCOc1ccc(C(C)O)cc1F. The first-order valence-electron chi connectivity index (χ1n) is 6.16. The number of rotatable bonds is 7. The number of hydrogen-bond acceptors (Lipinski definition) is 4. The number of ether oxygens (including phenoxy) is 1. The van der Waals surface area contributed by atoms with Crippen LogP contribution in [0.2, 0.25) is 0 Å². The Morgan fingerprint density at radius 1 is 1.37 bits per heavy atom. The van der Waals surface area contributed by atoms with E-state index in [1.165, 1.54) is 19.1 Å². The molecule has 0 aliphatic rings. The van der Waals surface area contributed by atoms with E-state index in [1.807, 2.05) is 0 Å². The predicted molar refractivity (Wildman–Crippen MR) is 71.5 cm³/mol. The lowest BCUT2D eigenvalue weighted by Gasteiger charge is -2.10. The van der Waals surface area contributed by atoms with Gasteiger partial charge in [0, 0.05) is 0 Å². The summed E-state index contributed by atoms with van der Waals surface area (Å²) in [5.74, 6) is -0.625. The van der Waals surface area contributed by atoms with Crippen molar-refractivity contribution in [2.75, 3.05) is 18.1 Å². The van der Waals surface area contributed by atoms with Gasteiger partial charge >= 0.3 is 0 Å². The van der Waals surface area contributed by atoms with Gasteiger partial charge in [0.1, 0.15) is 6.61 Å². The number of hydrogen-bond donors (Lipinski definition) is 1. The zero-order valence-corrected chi connectivity index (χ0v) is 11.9. The third-order valence-corrected chi connectivity index (χ3v) is 4.42. The maximum Gasteiger partial charge on any atom is 0.165 e. The standard InChI is InChI=1S/C13H19FO4S/c1-3-7-19(16,17)8-6-18-13-5-4-11(10(2)15)9-12(13)14/h4-5,9-10,15H,3,6-8H2,1-2H3. The second kappa shape index (κ2) is 6.86. The highest BCUT2D eigenvalue weighted by Crippen LogP contribution is 2.21. The summed E-state index contributed by atoms with van der Waals surface area (Å²) in [4.78, 5) is 0. The fourth-order valence-corrected chi connectivity index (χ4v) is 2.75. The predicted octanol–water partition coefficient (Wildman–Crippen LogP) is 2.08. The van der Waals surface area contributed by atoms with E-state index >= 15 is 0 Å². The van der Waals surface area contributed by atoms with Crippen molar-refractivity contribution in [1.82, 2.24) is 0 Å². The summed E-state index contributed by atoms with van der Waals surface area (Å²) < 4.78 is 41.6. The second-order valence-corrected chi connectivity index (χ2v) is 6.67. The molecular weight excluding hydrogens is 271 g/mol. The van der Waals surface area contributed by atoms with Gasteiger partial charge in [0.05, 0.1) is 17.6 Å². The van der Waals surface area contributed by atoms with Crippen LogP contribution < -0.4 is 4.74 Å². The Morgan fingerprint density at radius 2 is 2.05 bits per heavy atom. The van der Waals surface area contributed by atoms with Crippen LogP contribution in [0.15, 0.2) is 18.2 Å². The molecule has 0 aromatic heterocycles. The first kappa shape index (κ1) is 15.9. The molecule has 6 heteroatoms. The van der Waals surface area contributed by atoms with E-state index in [0.717, 1.165) is 0 Å². The summed E-state index contributed by atoms with van der Waals surface area (Å²) in [7, 11) is -3.12. The van der Waals surface area contributed by atoms with Gasteiger partial charge in [0.25, 0.3) is 0 Å². The zero-order chi connectivity index (χ0) is 14.5. The molecule has 0 saturated heterocycles. The van der Waals surface area contributed by atoms with Crippen molar-refractivity contribution in [3.05, 3.63) is 29.6 Å². The Hall–Kier alpha value is -1.14. The van der Waals surface area contributed by atoms with Gasteiger partial charge in [0.15, 0.2) is 21.4 Å². The Balaban J connectivity index is 2.59. The minimum absolute atomic E-state index is 0.00361. The van der Waals surface area contributed by atoms with Crippen LogP contribution in [0, 0.1) is 5.82 Å². The normalized spacial score (nSPS) is 13.3. The topological polar surface area (TPSA) is 63.6 Å². The number of sulfone groups is 1. The van der Waals surface area contributed by atoms with Gasteiger partial charge in [-0.25, -0.2) is 12.8 Å². The molecule has 0 aliphatic heterocycles. The molecule has 0 spiro atoms. The quantitative estimate of drug-likeness (QED) is 0.835. The van der Waals surface area contributed by atoms with Gasteiger partial charge in [0.2, 0.25) is 0 Å². The lowest BCUT2D eigenvalue weighted by Crippen LogP contribution is -2.17. The molecule has 0 radical (unpaired) electrons. The summed E-state index contributed by atoms with van der Waals surface area (Å²) in [5.41, 5.74) is 0.448. The van der Waals surface area contributed by atoms with E-state index in [-0.39, 0.29) is 23.9 Å². The van der Waals surface area contributed by atoms with Crippen molar-refractivity contribution in [2.45, 2.75) is 26.4 Å². The third kappa shape index (κ3) is 5.16. The van der Waals surface area contributed by atoms with Gasteiger partial charge in [-0.05, 0) is 31.0 Å². The summed E-state index contributed by atoms with van der Waals surface area (Å²) in [6.45, 7) is 3.24. The average Bonchev–Trinajstić information content (AvgIpc) is 2.30. The minimum Gasteiger partial charge on any atom is -0.489 e. The van der Waals surface area contributed by atoms with Gasteiger partial charge in [-0.3, -0.25) is 0 Å². The van der Waals surface area contributed by atoms with Crippen LogP contribution in [0.5, 0.6) is 5.75 Å². The van der Waals surface area contributed by atoms with Crippen LogP contribution in [0.1, 0.15) is 31.9 Å². The van der Waals surface area contributed by atoms with E-state index in [9.17, 15) is 17.9 Å². The molecule has 1 N–H and O–H groups in total. The molecule has 0 aliphatic carbocycles. The van der Waals surface area contributed by atoms with Crippen LogP contribution in [-0.2, 0) is 9.84 Å². The molecule has 19 heavy (non-hydrogen) atoms. The van der Waals surface area contributed by atoms with Crippen molar-refractivity contribution in [3.8, 4) is 5.75 Å².